The quantitative estimate of drug-likeness (QED) is 0.493. The summed E-state index contributed by atoms with van der Waals surface area (Å²) in [6, 6.07) is 0. The number of hydrogen-bond acceptors (Lipinski definition) is 1. The summed E-state index contributed by atoms with van der Waals surface area (Å²) in [6.45, 7) is 1.29. The number of terminal acetylenes is 1. The Morgan fingerprint density at radius 3 is 2.33 bits per heavy atom. The third-order valence-corrected chi connectivity index (χ3v) is 3.87. The molecule has 0 atom stereocenters. The standard InChI is InChI=1S/C11H17N/c1-3-10-4-6-11(7-5-10)8-9-12(11)2/h1,10H,4-9H2,2H3. The molecule has 1 aliphatic carbocycles. The van der Waals surface area contributed by atoms with Crippen molar-refractivity contribution in [2.75, 3.05) is 13.6 Å². The third kappa shape index (κ3) is 1.06. The van der Waals surface area contributed by atoms with Crippen LogP contribution in [-0.2, 0) is 0 Å². The molecule has 1 aliphatic heterocycles. The fourth-order valence-corrected chi connectivity index (χ4v) is 2.61. The highest BCUT2D eigenvalue weighted by Crippen LogP contribution is 2.43. The van der Waals surface area contributed by atoms with Gasteiger partial charge in [-0.25, -0.2) is 0 Å². The molecule has 66 valence electrons. The topological polar surface area (TPSA) is 3.24 Å². The summed E-state index contributed by atoms with van der Waals surface area (Å²) in [7, 11) is 2.25. The second kappa shape index (κ2) is 2.78. The molecule has 0 N–H and O–H groups in total. The Kier molecular flexibility index (Phi) is 1.88. The number of hydrogen-bond donors (Lipinski definition) is 0. The highest BCUT2D eigenvalue weighted by Gasteiger charge is 2.43. The van der Waals surface area contributed by atoms with Gasteiger partial charge in [-0.05, 0) is 39.2 Å². The predicted molar refractivity (Wildman–Crippen MR) is 50.8 cm³/mol. The van der Waals surface area contributed by atoms with Crippen molar-refractivity contribution in [2.45, 2.75) is 37.6 Å². The van der Waals surface area contributed by atoms with Gasteiger partial charge in [0.05, 0.1) is 0 Å². The molecule has 1 nitrogen and oxygen atoms in total. The van der Waals surface area contributed by atoms with E-state index in [1.807, 2.05) is 0 Å². The summed E-state index contributed by atoms with van der Waals surface area (Å²) in [5.74, 6) is 3.46. The second-order valence-corrected chi connectivity index (χ2v) is 4.34. The summed E-state index contributed by atoms with van der Waals surface area (Å²) in [5, 5.41) is 0. The van der Waals surface area contributed by atoms with Crippen LogP contribution in [0.4, 0.5) is 0 Å². The molecule has 2 fully saturated rings. The molecule has 12 heavy (non-hydrogen) atoms. The van der Waals surface area contributed by atoms with Gasteiger partial charge in [0.1, 0.15) is 0 Å². The largest absolute Gasteiger partial charge is 0.301 e. The minimum Gasteiger partial charge on any atom is -0.301 e. The predicted octanol–water partition coefficient (Wildman–Crippen LogP) is 1.88. The van der Waals surface area contributed by atoms with Crippen LogP contribution < -0.4 is 0 Å². The maximum absolute atomic E-state index is 5.42. The van der Waals surface area contributed by atoms with E-state index in [0.29, 0.717) is 11.5 Å². The molecule has 1 heteroatoms. The molecule has 0 radical (unpaired) electrons. The fourth-order valence-electron chi connectivity index (χ4n) is 2.61. The Balaban J connectivity index is 1.95. The Bertz CT molecular complexity index is 206. The first-order valence-electron chi connectivity index (χ1n) is 4.94. The monoisotopic (exact) mass is 163 g/mol. The Morgan fingerprint density at radius 1 is 1.33 bits per heavy atom. The van der Waals surface area contributed by atoms with Crippen LogP contribution in [0.25, 0.3) is 0 Å². The van der Waals surface area contributed by atoms with Crippen molar-refractivity contribution >= 4 is 0 Å². The van der Waals surface area contributed by atoms with Gasteiger partial charge in [0.25, 0.3) is 0 Å². The normalized spacial score (nSPS) is 42.2. The molecule has 0 amide bonds. The zero-order chi connectivity index (χ0) is 8.60. The average Bonchev–Trinajstić information content (AvgIpc) is 2.16. The van der Waals surface area contributed by atoms with Gasteiger partial charge in [-0.2, -0.15) is 0 Å². The molecular formula is C11H17N. The van der Waals surface area contributed by atoms with E-state index in [0.717, 1.165) is 0 Å². The van der Waals surface area contributed by atoms with E-state index in [1.165, 1.54) is 38.6 Å². The van der Waals surface area contributed by atoms with Crippen molar-refractivity contribution in [3.63, 3.8) is 0 Å². The van der Waals surface area contributed by atoms with Crippen molar-refractivity contribution < 1.29 is 0 Å². The first-order chi connectivity index (χ1) is 5.77. The Hall–Kier alpha value is -0.480. The maximum Gasteiger partial charge on any atom is 0.0219 e. The van der Waals surface area contributed by atoms with E-state index in [1.54, 1.807) is 0 Å². The van der Waals surface area contributed by atoms with E-state index in [2.05, 4.69) is 17.9 Å². The first-order valence-corrected chi connectivity index (χ1v) is 4.94. The van der Waals surface area contributed by atoms with E-state index in [-0.39, 0.29) is 0 Å². The molecule has 0 aromatic rings. The summed E-state index contributed by atoms with van der Waals surface area (Å²) < 4.78 is 0. The van der Waals surface area contributed by atoms with Crippen LogP contribution in [0, 0.1) is 18.3 Å². The van der Waals surface area contributed by atoms with Gasteiger partial charge in [-0.1, -0.05) is 0 Å². The lowest BCUT2D eigenvalue weighted by Gasteiger charge is -2.54. The van der Waals surface area contributed by atoms with Gasteiger partial charge >= 0.3 is 0 Å². The zero-order valence-electron chi connectivity index (χ0n) is 7.84. The van der Waals surface area contributed by atoms with Crippen LogP contribution in [0.2, 0.25) is 0 Å². The molecule has 0 unspecified atom stereocenters. The summed E-state index contributed by atoms with van der Waals surface area (Å²) in [5.41, 5.74) is 0.577. The Labute approximate surface area is 75.1 Å². The first kappa shape index (κ1) is 8.13. The van der Waals surface area contributed by atoms with Crippen LogP contribution >= 0.6 is 0 Å². The SMILES string of the molecule is C#CC1CCC2(CC1)CCN2C. The molecule has 1 saturated heterocycles. The third-order valence-electron chi connectivity index (χ3n) is 3.87. The van der Waals surface area contributed by atoms with Gasteiger partial charge in [0.2, 0.25) is 0 Å². The molecule has 1 spiro atoms. The highest BCUT2D eigenvalue weighted by molar-refractivity contribution is 5.05. The summed E-state index contributed by atoms with van der Waals surface area (Å²) >= 11 is 0. The molecule has 0 bridgehead atoms. The summed E-state index contributed by atoms with van der Waals surface area (Å²) in [4.78, 5) is 2.51. The molecule has 0 aromatic heterocycles. The second-order valence-electron chi connectivity index (χ2n) is 4.34. The van der Waals surface area contributed by atoms with Crippen LogP contribution in [0.1, 0.15) is 32.1 Å². The van der Waals surface area contributed by atoms with Crippen molar-refractivity contribution in [3.05, 3.63) is 0 Å². The van der Waals surface area contributed by atoms with Crippen LogP contribution in [0.15, 0.2) is 0 Å². The van der Waals surface area contributed by atoms with E-state index in [9.17, 15) is 0 Å². The minimum absolute atomic E-state index is 0.574. The molecule has 2 rings (SSSR count). The van der Waals surface area contributed by atoms with Crippen molar-refractivity contribution in [1.29, 1.82) is 0 Å². The van der Waals surface area contributed by atoms with Crippen LogP contribution in [-0.4, -0.2) is 24.0 Å². The molecular weight excluding hydrogens is 146 g/mol. The molecule has 1 heterocycles. The van der Waals surface area contributed by atoms with Gasteiger partial charge < -0.3 is 4.90 Å². The number of nitrogens with zero attached hydrogens (tertiary/aromatic N) is 1. The smallest absolute Gasteiger partial charge is 0.0219 e. The zero-order valence-corrected chi connectivity index (χ0v) is 7.84. The molecule has 1 saturated carbocycles. The van der Waals surface area contributed by atoms with E-state index >= 15 is 0 Å². The molecule has 0 aromatic carbocycles. The highest BCUT2D eigenvalue weighted by atomic mass is 15.2. The Morgan fingerprint density at radius 2 is 2.00 bits per heavy atom. The maximum atomic E-state index is 5.42. The molecule has 2 aliphatic rings. The van der Waals surface area contributed by atoms with Crippen molar-refractivity contribution in [1.82, 2.24) is 4.90 Å². The lowest BCUT2D eigenvalue weighted by atomic mass is 9.70. The average molecular weight is 163 g/mol. The lowest BCUT2D eigenvalue weighted by Crippen LogP contribution is -2.59. The van der Waals surface area contributed by atoms with Gasteiger partial charge in [-0.3, -0.25) is 0 Å². The van der Waals surface area contributed by atoms with Crippen molar-refractivity contribution in [2.24, 2.45) is 5.92 Å². The van der Waals surface area contributed by atoms with Crippen molar-refractivity contribution in [3.8, 4) is 12.3 Å². The number of rotatable bonds is 0. The van der Waals surface area contributed by atoms with Gasteiger partial charge in [-0.15, -0.1) is 12.3 Å². The fraction of sp³-hybridized carbons (Fsp3) is 0.818. The van der Waals surface area contributed by atoms with Gasteiger partial charge in [0.15, 0.2) is 0 Å². The number of likely N-dealkylation sites (tertiary alicyclic amines) is 1. The van der Waals surface area contributed by atoms with Crippen LogP contribution in [0.3, 0.4) is 0 Å². The van der Waals surface area contributed by atoms with E-state index in [4.69, 9.17) is 6.42 Å². The van der Waals surface area contributed by atoms with Gasteiger partial charge in [0, 0.05) is 18.0 Å². The van der Waals surface area contributed by atoms with E-state index < -0.39 is 0 Å². The lowest BCUT2D eigenvalue weighted by molar-refractivity contribution is -0.0252. The minimum atomic E-state index is 0.574. The summed E-state index contributed by atoms with van der Waals surface area (Å²) in [6.07, 6.45) is 12.0. The van der Waals surface area contributed by atoms with Crippen LogP contribution in [0.5, 0.6) is 0 Å².